The highest BCUT2D eigenvalue weighted by molar-refractivity contribution is 5.95. The number of benzene rings is 1. The number of aliphatic hydroxyl groups is 6. The van der Waals surface area contributed by atoms with Gasteiger partial charge in [0, 0.05) is 31.2 Å². The maximum absolute atomic E-state index is 14.7. The molecule has 15 atom stereocenters. The van der Waals surface area contributed by atoms with Gasteiger partial charge in [-0.15, -0.1) is 0 Å². The topological polar surface area (TPSA) is 323 Å². The van der Waals surface area contributed by atoms with Gasteiger partial charge < -0.3 is 93.2 Å². The van der Waals surface area contributed by atoms with E-state index in [1.54, 1.807) is 12.2 Å². The number of nitrogens with one attached hydrogen (secondary N) is 1. The predicted octanol–water partition coefficient (Wildman–Crippen LogP) is 2.33. The fourth-order valence-electron chi connectivity index (χ4n) is 9.81. The molecule has 15 unspecified atom stereocenters. The van der Waals surface area contributed by atoms with Gasteiger partial charge in [-0.2, -0.15) is 0 Å². The van der Waals surface area contributed by atoms with E-state index >= 15 is 0 Å². The van der Waals surface area contributed by atoms with Crippen LogP contribution < -0.4 is 14.8 Å². The van der Waals surface area contributed by atoms with Gasteiger partial charge in [-0.1, -0.05) is 69.9 Å². The first-order valence-electron chi connectivity index (χ1n) is 25.0. The largest absolute Gasteiger partial charge is 0.506 e. The second-order valence-electron chi connectivity index (χ2n) is 18.9. The van der Waals surface area contributed by atoms with Crippen molar-refractivity contribution >= 4 is 29.5 Å². The minimum Gasteiger partial charge on any atom is -0.506 e. The molecule has 0 radical (unpaired) electrons. The molecule has 1 aromatic carbocycles. The van der Waals surface area contributed by atoms with Crippen molar-refractivity contribution in [3.05, 3.63) is 54.0 Å². The highest BCUT2D eigenvalue weighted by Crippen LogP contribution is 2.38. The minimum absolute atomic E-state index is 0.00735. The molecule has 3 saturated heterocycles. The molecule has 1 aromatic rings. The molecule has 6 aliphatic rings. The number of aliphatic hydroxyl groups excluding tert-OH is 6. The van der Waals surface area contributed by atoms with E-state index in [9.17, 15) is 54.9 Å². The molecule has 7 rings (SSSR count). The van der Waals surface area contributed by atoms with Gasteiger partial charge in [-0.05, 0) is 43.4 Å². The normalized spacial score (nSPS) is 34.6. The van der Waals surface area contributed by atoms with Gasteiger partial charge in [-0.3, -0.25) is 9.59 Å². The number of rotatable bonds is 12. The number of hydrogen-bond donors (Lipinski definition) is 8. The summed E-state index contributed by atoms with van der Waals surface area (Å²) in [6.07, 6.45) is -14.0. The lowest BCUT2D eigenvalue weighted by Gasteiger charge is -2.49. The van der Waals surface area contributed by atoms with Crippen molar-refractivity contribution in [3.8, 4) is 11.5 Å². The summed E-state index contributed by atoms with van der Waals surface area (Å²) in [5, 5.41) is 80.2. The molecule has 23 heteroatoms. The molecule has 2 aliphatic carbocycles. The van der Waals surface area contributed by atoms with Crippen LogP contribution in [0.2, 0.25) is 0 Å². The average molecular weight is 1040 g/mol. The lowest BCUT2D eigenvalue weighted by molar-refractivity contribution is -0.373. The maximum Gasteiger partial charge on any atom is 0.338 e. The van der Waals surface area contributed by atoms with Crippen molar-refractivity contribution < 1.29 is 107 Å². The summed E-state index contributed by atoms with van der Waals surface area (Å²) in [5.74, 6) is -4.30. The van der Waals surface area contributed by atoms with Crippen LogP contribution in [0.1, 0.15) is 89.9 Å². The zero-order valence-corrected chi connectivity index (χ0v) is 40.8. The Labute approximate surface area is 421 Å². The highest BCUT2D eigenvalue weighted by atomic mass is 16.8. The summed E-state index contributed by atoms with van der Waals surface area (Å²) in [6.45, 7) is -0.946. The number of aliphatic carboxylic acids is 1. The molecule has 0 spiro atoms. The molecule has 406 valence electrons. The van der Waals surface area contributed by atoms with Crippen LogP contribution in [0.4, 0.5) is 5.69 Å². The van der Waals surface area contributed by atoms with Crippen molar-refractivity contribution in [2.75, 3.05) is 32.8 Å². The van der Waals surface area contributed by atoms with Gasteiger partial charge in [-0.25, -0.2) is 9.59 Å². The molecule has 1 amide bonds. The Morgan fingerprint density at radius 3 is 2.27 bits per heavy atom. The van der Waals surface area contributed by atoms with Crippen LogP contribution in [-0.4, -0.2) is 179 Å². The smallest absolute Gasteiger partial charge is 0.338 e. The number of anilines is 1. The molecule has 1 saturated carbocycles. The van der Waals surface area contributed by atoms with Crippen LogP contribution in [0.15, 0.2) is 54.0 Å². The summed E-state index contributed by atoms with van der Waals surface area (Å²) < 4.78 is 65.7. The Morgan fingerprint density at radius 2 is 1.55 bits per heavy atom. The maximum atomic E-state index is 14.7. The number of esters is 2. The first-order valence-corrected chi connectivity index (χ1v) is 25.0. The van der Waals surface area contributed by atoms with Crippen LogP contribution >= 0.6 is 0 Å². The molecule has 4 heterocycles. The van der Waals surface area contributed by atoms with Crippen LogP contribution in [0, 0.1) is 5.92 Å². The number of ether oxygens (including phenoxy) is 11. The molecule has 4 fully saturated rings. The van der Waals surface area contributed by atoms with Gasteiger partial charge >= 0.3 is 17.9 Å². The Bertz CT molecular complexity index is 2110. The van der Waals surface area contributed by atoms with Gasteiger partial charge in [0.15, 0.2) is 48.2 Å². The van der Waals surface area contributed by atoms with Crippen molar-refractivity contribution in [1.82, 2.24) is 0 Å². The molecule has 23 nitrogen and oxygen atoms in total. The number of allylic oxidation sites excluding steroid dienone is 2. The lowest BCUT2D eigenvalue weighted by Crippen LogP contribution is -2.68. The van der Waals surface area contributed by atoms with Crippen molar-refractivity contribution in [3.63, 3.8) is 0 Å². The number of fused-ring (bicyclic) bond motifs is 4. The van der Waals surface area contributed by atoms with E-state index in [0.717, 1.165) is 32.1 Å². The Balaban J connectivity index is 1.32. The molecule has 0 aromatic heterocycles. The van der Waals surface area contributed by atoms with E-state index in [2.05, 4.69) is 5.32 Å². The summed E-state index contributed by atoms with van der Waals surface area (Å²) >= 11 is 0. The molecular weight excluding hydrogens is 967 g/mol. The molecular formula is C50H69NO22. The van der Waals surface area contributed by atoms with E-state index < -0.39 is 128 Å². The zero-order valence-electron chi connectivity index (χ0n) is 40.8. The Kier molecular flexibility index (Phi) is 20.3. The number of carbonyl (C=O) groups is 4. The second kappa shape index (κ2) is 26.5. The zero-order chi connectivity index (χ0) is 52.2. The minimum atomic E-state index is -2.04. The summed E-state index contributed by atoms with van der Waals surface area (Å²) in [4.78, 5) is 55.4. The molecule has 4 aliphatic heterocycles. The summed E-state index contributed by atoms with van der Waals surface area (Å²) in [7, 11) is 2.81. The first kappa shape index (κ1) is 55.8. The Hall–Kier alpha value is -4.92. The third-order valence-corrected chi connectivity index (χ3v) is 13.8. The van der Waals surface area contributed by atoms with E-state index in [0.29, 0.717) is 50.5 Å². The van der Waals surface area contributed by atoms with E-state index in [-0.39, 0.29) is 48.8 Å². The summed E-state index contributed by atoms with van der Waals surface area (Å²) in [5.41, 5.74) is 0.0210. The number of methoxy groups -OCH3 is 2. The fourth-order valence-corrected chi connectivity index (χ4v) is 9.81. The molecule has 8 N–H and O–H groups in total. The number of hydrogen-bond acceptors (Lipinski definition) is 21. The number of amides is 1. The van der Waals surface area contributed by atoms with E-state index in [1.807, 2.05) is 0 Å². The van der Waals surface area contributed by atoms with Crippen LogP contribution in [0.3, 0.4) is 0 Å². The SMILES string of the molecule is COc1ccc(NC(=O)C2OC3OCCCCCCCCC(=O)OC4CC=CC=C4C(=O)OC4C(OC(CO)C(O)C4OC(CC4CCCCC4)C(=O)O)OC(C3O)C2OC2OC=C(O)C(O)C2O)cc1OC. The van der Waals surface area contributed by atoms with Crippen molar-refractivity contribution in [2.45, 2.75) is 182 Å². The number of carboxylic acids is 1. The van der Waals surface area contributed by atoms with Gasteiger partial charge in [0.05, 0.1) is 26.4 Å². The second-order valence-corrected chi connectivity index (χ2v) is 18.9. The van der Waals surface area contributed by atoms with Gasteiger partial charge in [0.1, 0.15) is 61.2 Å². The van der Waals surface area contributed by atoms with Crippen LogP contribution in [-0.2, 0) is 61.8 Å². The molecule has 2 bridgehead atoms. The third-order valence-electron chi connectivity index (χ3n) is 13.8. The van der Waals surface area contributed by atoms with Gasteiger partial charge in [0.2, 0.25) is 6.29 Å². The fraction of sp³-hybridized carbons (Fsp3) is 0.680. The standard InChI is InChI=1S/C50H69NO22/c1-63-31-20-19-27(23-32(31)64-2)51-45(59)43-42(72-48-38(57)36(55)29(53)25-66-48)41-39(58)49(73-43)65-21-13-6-4-3-5-10-18-35(54)67-30-17-12-11-16-28(30)47(62)70-44-40(37(56)34(24-52)69-50(44)71-41)68-33(46(60)61)22-26-14-8-7-9-15-26/h11-12,16,19-20,23,25-26,30,33-34,36-44,48-50,52-53,55-58H,3-10,13-15,17-18,21-22,24H2,1-2H3,(H,51,59)(H,60,61). The predicted molar refractivity (Wildman–Crippen MR) is 249 cm³/mol. The number of carboxylic acid groups (broad SMARTS) is 1. The van der Waals surface area contributed by atoms with Crippen LogP contribution in [0.5, 0.6) is 11.5 Å². The number of carbonyl (C=O) groups excluding carboxylic acids is 3. The van der Waals surface area contributed by atoms with Gasteiger partial charge in [0.25, 0.3) is 5.91 Å². The highest BCUT2D eigenvalue weighted by Gasteiger charge is 2.57. The quantitative estimate of drug-likeness (QED) is 0.139. The Morgan fingerprint density at radius 1 is 0.822 bits per heavy atom. The monoisotopic (exact) mass is 1040 g/mol. The van der Waals surface area contributed by atoms with Crippen LogP contribution in [0.25, 0.3) is 0 Å². The van der Waals surface area contributed by atoms with E-state index in [4.69, 9.17) is 52.1 Å². The average Bonchev–Trinajstić information content (AvgIpc) is 3.38. The molecule has 73 heavy (non-hydrogen) atoms. The summed E-state index contributed by atoms with van der Waals surface area (Å²) in [6, 6.07) is 4.46. The van der Waals surface area contributed by atoms with Crippen molar-refractivity contribution in [2.24, 2.45) is 5.92 Å². The van der Waals surface area contributed by atoms with E-state index in [1.165, 1.54) is 38.5 Å². The third kappa shape index (κ3) is 14.1. The lowest BCUT2D eigenvalue weighted by atomic mass is 9.85. The van der Waals surface area contributed by atoms with Crippen molar-refractivity contribution in [1.29, 1.82) is 0 Å². The first-order chi connectivity index (χ1) is 35.2.